The molecule has 1 amide bonds. The van der Waals surface area contributed by atoms with Crippen molar-refractivity contribution in [3.8, 4) is 0 Å². The highest BCUT2D eigenvalue weighted by molar-refractivity contribution is 7.99. The van der Waals surface area contributed by atoms with Crippen molar-refractivity contribution in [2.75, 3.05) is 18.1 Å². The van der Waals surface area contributed by atoms with E-state index in [4.69, 9.17) is 16.7 Å². The molecule has 1 aromatic rings. The van der Waals surface area contributed by atoms with E-state index >= 15 is 0 Å². The fraction of sp³-hybridized carbons (Fsp3) is 0.417. The molecule has 1 atom stereocenters. The quantitative estimate of drug-likeness (QED) is 0.782. The average molecular weight is 274 g/mol. The first-order chi connectivity index (χ1) is 8.13. The Bertz CT molecular complexity index is 373. The van der Waals surface area contributed by atoms with Crippen LogP contribution >= 0.6 is 23.4 Å². The fourth-order valence-electron chi connectivity index (χ4n) is 1.37. The highest BCUT2D eigenvalue weighted by atomic mass is 35.5. The second kappa shape index (κ2) is 7.58. The van der Waals surface area contributed by atoms with Gasteiger partial charge in [-0.2, -0.15) is 0 Å². The van der Waals surface area contributed by atoms with Gasteiger partial charge in [0.15, 0.2) is 0 Å². The van der Waals surface area contributed by atoms with Gasteiger partial charge >= 0.3 is 0 Å². The van der Waals surface area contributed by atoms with Crippen LogP contribution in [0.25, 0.3) is 0 Å². The van der Waals surface area contributed by atoms with Crippen molar-refractivity contribution >= 4 is 29.3 Å². The molecule has 1 rings (SSSR count). The van der Waals surface area contributed by atoms with Crippen molar-refractivity contribution in [3.05, 3.63) is 34.9 Å². The van der Waals surface area contributed by atoms with Crippen molar-refractivity contribution in [3.63, 3.8) is 0 Å². The number of carbonyl (C=O) groups excluding carboxylic acids is 1. The van der Waals surface area contributed by atoms with Crippen LogP contribution in [0.15, 0.2) is 24.3 Å². The van der Waals surface area contributed by atoms with E-state index in [0.29, 0.717) is 16.5 Å². The first kappa shape index (κ1) is 14.4. The van der Waals surface area contributed by atoms with Gasteiger partial charge in [0.25, 0.3) is 0 Å². The largest absolute Gasteiger partial charge is 0.396 e. The Morgan fingerprint density at radius 2 is 2.35 bits per heavy atom. The van der Waals surface area contributed by atoms with Crippen LogP contribution in [0, 0.1) is 0 Å². The molecule has 0 saturated carbocycles. The number of hydrogen-bond acceptors (Lipinski definition) is 3. The van der Waals surface area contributed by atoms with Gasteiger partial charge in [-0.25, -0.2) is 0 Å². The number of hydrogen-bond donors (Lipinski definition) is 2. The zero-order valence-corrected chi connectivity index (χ0v) is 11.2. The van der Waals surface area contributed by atoms with E-state index < -0.39 is 0 Å². The molecule has 0 aliphatic carbocycles. The van der Waals surface area contributed by atoms with Gasteiger partial charge in [0.2, 0.25) is 5.91 Å². The van der Waals surface area contributed by atoms with Crippen LogP contribution in [0.2, 0.25) is 5.02 Å². The Hall–Kier alpha value is -0.710. The molecule has 0 radical (unpaired) electrons. The van der Waals surface area contributed by atoms with Crippen molar-refractivity contribution in [1.29, 1.82) is 0 Å². The lowest BCUT2D eigenvalue weighted by Gasteiger charge is -2.14. The second-order valence-corrected chi connectivity index (χ2v) is 5.16. The zero-order chi connectivity index (χ0) is 12.7. The number of nitrogens with one attached hydrogen (secondary N) is 1. The van der Waals surface area contributed by atoms with Crippen LogP contribution in [0.1, 0.15) is 18.5 Å². The van der Waals surface area contributed by atoms with Gasteiger partial charge in [0.1, 0.15) is 0 Å². The Morgan fingerprint density at radius 3 is 3.00 bits per heavy atom. The van der Waals surface area contributed by atoms with E-state index in [1.165, 1.54) is 11.8 Å². The molecule has 0 bridgehead atoms. The zero-order valence-electron chi connectivity index (χ0n) is 9.65. The Balaban J connectivity index is 2.43. The molecule has 0 unspecified atom stereocenters. The number of halogens is 1. The predicted octanol–water partition coefficient (Wildman–Crippen LogP) is 2.24. The van der Waals surface area contributed by atoms with E-state index in [-0.39, 0.29) is 18.6 Å². The van der Waals surface area contributed by atoms with Gasteiger partial charge in [-0.05, 0) is 24.6 Å². The third-order valence-electron chi connectivity index (χ3n) is 2.19. The van der Waals surface area contributed by atoms with Gasteiger partial charge < -0.3 is 10.4 Å². The van der Waals surface area contributed by atoms with Crippen LogP contribution in [-0.4, -0.2) is 29.1 Å². The van der Waals surface area contributed by atoms with Crippen LogP contribution in [0.5, 0.6) is 0 Å². The Labute approximate surface area is 111 Å². The van der Waals surface area contributed by atoms with Crippen molar-refractivity contribution < 1.29 is 9.90 Å². The molecule has 94 valence electrons. The number of aliphatic hydroxyl groups excluding tert-OH is 1. The minimum absolute atomic E-state index is 0.0316. The minimum atomic E-state index is -0.0593. The highest BCUT2D eigenvalue weighted by Gasteiger charge is 2.09. The third kappa shape index (κ3) is 5.44. The van der Waals surface area contributed by atoms with Gasteiger partial charge in [-0.1, -0.05) is 23.7 Å². The first-order valence-electron chi connectivity index (χ1n) is 5.37. The predicted molar refractivity (Wildman–Crippen MR) is 72.4 cm³/mol. The van der Waals surface area contributed by atoms with Crippen LogP contribution in [-0.2, 0) is 4.79 Å². The number of thioether (sulfide) groups is 1. The van der Waals surface area contributed by atoms with Crippen molar-refractivity contribution in [2.24, 2.45) is 0 Å². The highest BCUT2D eigenvalue weighted by Crippen LogP contribution is 2.17. The number of rotatable bonds is 6. The fourth-order valence-corrected chi connectivity index (χ4v) is 2.11. The summed E-state index contributed by atoms with van der Waals surface area (Å²) in [5.41, 5.74) is 0.984. The van der Waals surface area contributed by atoms with Crippen LogP contribution in [0.3, 0.4) is 0 Å². The minimum Gasteiger partial charge on any atom is -0.396 e. The summed E-state index contributed by atoms with van der Waals surface area (Å²) in [6.45, 7) is 2.02. The number of benzene rings is 1. The normalized spacial score (nSPS) is 12.2. The van der Waals surface area contributed by atoms with Gasteiger partial charge in [-0.3, -0.25) is 4.79 Å². The SMILES string of the molecule is C[C@@H](NC(=O)CSCCO)c1cccc(Cl)c1. The molecule has 0 spiro atoms. The second-order valence-electron chi connectivity index (χ2n) is 3.62. The van der Waals surface area contributed by atoms with Crippen molar-refractivity contribution in [1.82, 2.24) is 5.32 Å². The van der Waals surface area contributed by atoms with Gasteiger partial charge in [0, 0.05) is 10.8 Å². The van der Waals surface area contributed by atoms with E-state index in [2.05, 4.69) is 5.32 Å². The molecule has 1 aromatic carbocycles. The maximum Gasteiger partial charge on any atom is 0.230 e. The average Bonchev–Trinajstić information content (AvgIpc) is 2.29. The number of amides is 1. The summed E-state index contributed by atoms with van der Waals surface area (Å²) in [5.74, 6) is 0.917. The molecule has 0 aliphatic heterocycles. The molecule has 0 saturated heterocycles. The van der Waals surface area contributed by atoms with Crippen LogP contribution < -0.4 is 5.32 Å². The van der Waals surface area contributed by atoms with E-state index in [9.17, 15) is 4.79 Å². The summed E-state index contributed by atoms with van der Waals surface area (Å²) in [6.07, 6.45) is 0. The lowest BCUT2D eigenvalue weighted by Crippen LogP contribution is -2.28. The van der Waals surface area contributed by atoms with E-state index in [1.807, 2.05) is 25.1 Å². The number of carbonyl (C=O) groups is 1. The maximum absolute atomic E-state index is 11.5. The molecule has 0 heterocycles. The third-order valence-corrected chi connectivity index (χ3v) is 3.37. The van der Waals surface area contributed by atoms with E-state index in [1.54, 1.807) is 6.07 Å². The lowest BCUT2D eigenvalue weighted by molar-refractivity contribution is -0.119. The molecule has 2 N–H and O–H groups in total. The summed E-state index contributed by atoms with van der Waals surface area (Å²) in [6, 6.07) is 7.37. The summed E-state index contributed by atoms with van der Waals surface area (Å²) in [4.78, 5) is 11.5. The standard InChI is InChI=1S/C12H16ClNO2S/c1-9(10-3-2-4-11(13)7-10)14-12(16)8-17-6-5-15/h2-4,7,9,15H,5-6,8H2,1H3,(H,14,16)/t9-/m1/s1. The first-order valence-corrected chi connectivity index (χ1v) is 6.90. The Kier molecular flexibility index (Phi) is 6.40. The molecule has 0 aliphatic rings. The smallest absolute Gasteiger partial charge is 0.230 e. The maximum atomic E-state index is 11.5. The van der Waals surface area contributed by atoms with Gasteiger partial charge in [-0.15, -0.1) is 11.8 Å². The van der Waals surface area contributed by atoms with Gasteiger partial charge in [0.05, 0.1) is 18.4 Å². The van der Waals surface area contributed by atoms with Crippen LogP contribution in [0.4, 0.5) is 0 Å². The molecule has 17 heavy (non-hydrogen) atoms. The molecular weight excluding hydrogens is 258 g/mol. The van der Waals surface area contributed by atoms with E-state index in [0.717, 1.165) is 5.56 Å². The summed E-state index contributed by atoms with van der Waals surface area (Å²) in [7, 11) is 0. The monoisotopic (exact) mass is 273 g/mol. The Morgan fingerprint density at radius 1 is 1.59 bits per heavy atom. The lowest BCUT2D eigenvalue weighted by atomic mass is 10.1. The summed E-state index contributed by atoms with van der Waals surface area (Å²) in [5, 5.41) is 12.1. The molecule has 0 aromatic heterocycles. The van der Waals surface area contributed by atoms with Crippen molar-refractivity contribution in [2.45, 2.75) is 13.0 Å². The summed E-state index contributed by atoms with van der Waals surface area (Å²) >= 11 is 7.30. The molecular formula is C12H16ClNO2S. The molecule has 3 nitrogen and oxygen atoms in total. The molecule has 0 fully saturated rings. The number of aliphatic hydroxyl groups is 1. The summed E-state index contributed by atoms with van der Waals surface area (Å²) < 4.78 is 0. The molecule has 5 heteroatoms. The topological polar surface area (TPSA) is 49.3 Å².